The summed E-state index contributed by atoms with van der Waals surface area (Å²) in [6.07, 6.45) is 0. The maximum Gasteiger partial charge on any atom is 0.314 e. The lowest BCUT2D eigenvalue weighted by Crippen LogP contribution is -1.94. The van der Waals surface area contributed by atoms with Crippen molar-refractivity contribution in [1.29, 1.82) is 0 Å². The molecule has 7 heteroatoms. The SMILES string of the molecule is O=[N+]([O-])c1cc(F)ccc1Oc1cc(F)cc(Br)c1. The van der Waals surface area contributed by atoms with E-state index in [0.29, 0.717) is 4.47 Å². The topological polar surface area (TPSA) is 52.4 Å². The van der Waals surface area contributed by atoms with Gasteiger partial charge in [0.1, 0.15) is 17.4 Å². The molecule has 0 fully saturated rings. The maximum atomic E-state index is 13.2. The molecule has 0 aliphatic rings. The normalized spacial score (nSPS) is 10.3. The van der Waals surface area contributed by atoms with E-state index in [2.05, 4.69) is 15.9 Å². The van der Waals surface area contributed by atoms with Crippen LogP contribution < -0.4 is 4.74 Å². The van der Waals surface area contributed by atoms with Crippen LogP contribution in [0.2, 0.25) is 0 Å². The van der Waals surface area contributed by atoms with Crippen molar-refractivity contribution in [2.24, 2.45) is 0 Å². The summed E-state index contributed by atoms with van der Waals surface area (Å²) < 4.78 is 31.7. The number of halogens is 3. The first-order chi connectivity index (χ1) is 8.95. The standard InChI is InChI=1S/C12H6BrF2NO3/c13-7-3-9(15)5-10(4-7)19-12-2-1-8(14)6-11(12)16(17)18/h1-6H. The fraction of sp³-hybridized carbons (Fsp3) is 0. The van der Waals surface area contributed by atoms with Gasteiger partial charge in [-0.05, 0) is 24.3 Å². The van der Waals surface area contributed by atoms with Gasteiger partial charge in [0, 0.05) is 10.5 Å². The molecule has 0 spiro atoms. The molecular weight excluding hydrogens is 324 g/mol. The molecule has 0 aliphatic carbocycles. The number of hydrogen-bond donors (Lipinski definition) is 0. The van der Waals surface area contributed by atoms with E-state index in [1.165, 1.54) is 12.1 Å². The Hall–Kier alpha value is -2.02. The number of nitrogens with zero attached hydrogens (tertiary/aromatic N) is 1. The van der Waals surface area contributed by atoms with Crippen LogP contribution in [0.4, 0.5) is 14.5 Å². The Morgan fingerprint density at radius 1 is 1.11 bits per heavy atom. The van der Waals surface area contributed by atoms with Crippen molar-refractivity contribution in [3.05, 3.63) is 62.6 Å². The summed E-state index contributed by atoms with van der Waals surface area (Å²) >= 11 is 3.07. The van der Waals surface area contributed by atoms with Crippen LogP contribution in [0.15, 0.2) is 40.9 Å². The molecule has 0 bridgehead atoms. The largest absolute Gasteiger partial charge is 0.450 e. The highest BCUT2D eigenvalue weighted by Gasteiger charge is 2.17. The number of rotatable bonds is 3. The third kappa shape index (κ3) is 3.25. The summed E-state index contributed by atoms with van der Waals surface area (Å²) in [5, 5.41) is 10.8. The van der Waals surface area contributed by atoms with Crippen molar-refractivity contribution in [3.63, 3.8) is 0 Å². The molecule has 0 N–H and O–H groups in total. The van der Waals surface area contributed by atoms with Gasteiger partial charge in [-0.1, -0.05) is 15.9 Å². The van der Waals surface area contributed by atoms with E-state index in [1.54, 1.807) is 0 Å². The molecule has 0 amide bonds. The van der Waals surface area contributed by atoms with Crippen molar-refractivity contribution in [1.82, 2.24) is 0 Å². The van der Waals surface area contributed by atoms with Crippen LogP contribution in [-0.4, -0.2) is 4.92 Å². The zero-order valence-corrected chi connectivity index (χ0v) is 10.9. The smallest absolute Gasteiger partial charge is 0.314 e. The van der Waals surface area contributed by atoms with Crippen molar-refractivity contribution in [2.75, 3.05) is 0 Å². The summed E-state index contributed by atoms with van der Waals surface area (Å²) in [6, 6.07) is 6.60. The van der Waals surface area contributed by atoms with E-state index in [-0.39, 0.29) is 11.5 Å². The number of ether oxygens (including phenoxy) is 1. The molecule has 0 saturated heterocycles. The van der Waals surface area contributed by atoms with E-state index in [9.17, 15) is 18.9 Å². The summed E-state index contributed by atoms with van der Waals surface area (Å²) in [4.78, 5) is 10.0. The lowest BCUT2D eigenvalue weighted by atomic mass is 10.3. The maximum absolute atomic E-state index is 13.2. The quantitative estimate of drug-likeness (QED) is 0.618. The van der Waals surface area contributed by atoms with Crippen LogP contribution in [0.1, 0.15) is 0 Å². The lowest BCUT2D eigenvalue weighted by molar-refractivity contribution is -0.385. The Kier molecular flexibility index (Phi) is 3.75. The minimum Gasteiger partial charge on any atom is -0.450 e. The molecule has 0 aliphatic heterocycles. The van der Waals surface area contributed by atoms with Gasteiger partial charge in [-0.3, -0.25) is 10.1 Å². The predicted octanol–water partition coefficient (Wildman–Crippen LogP) is 4.43. The fourth-order valence-electron chi connectivity index (χ4n) is 1.43. The van der Waals surface area contributed by atoms with E-state index < -0.39 is 22.2 Å². The highest BCUT2D eigenvalue weighted by Crippen LogP contribution is 2.33. The van der Waals surface area contributed by atoms with Gasteiger partial charge in [0.2, 0.25) is 5.75 Å². The van der Waals surface area contributed by atoms with Gasteiger partial charge in [0.15, 0.2) is 0 Å². The van der Waals surface area contributed by atoms with Crippen molar-refractivity contribution < 1.29 is 18.4 Å². The van der Waals surface area contributed by atoms with Crippen LogP contribution in [0.5, 0.6) is 11.5 Å². The number of nitro groups is 1. The van der Waals surface area contributed by atoms with Gasteiger partial charge in [-0.25, -0.2) is 8.78 Å². The van der Waals surface area contributed by atoms with Crippen LogP contribution in [0, 0.1) is 21.7 Å². The molecule has 0 heterocycles. The Labute approximate surface area is 114 Å². The van der Waals surface area contributed by atoms with Crippen molar-refractivity contribution in [3.8, 4) is 11.5 Å². The molecule has 0 atom stereocenters. The molecule has 19 heavy (non-hydrogen) atoms. The molecule has 98 valence electrons. The van der Waals surface area contributed by atoms with Crippen LogP contribution in [-0.2, 0) is 0 Å². The minimum atomic E-state index is -0.771. The molecule has 0 radical (unpaired) electrons. The Morgan fingerprint density at radius 2 is 1.84 bits per heavy atom. The molecule has 4 nitrogen and oxygen atoms in total. The van der Waals surface area contributed by atoms with Crippen LogP contribution >= 0.6 is 15.9 Å². The molecule has 2 rings (SSSR count). The first-order valence-corrected chi connectivity index (χ1v) is 5.83. The average Bonchev–Trinajstić information content (AvgIpc) is 2.30. The van der Waals surface area contributed by atoms with Crippen molar-refractivity contribution in [2.45, 2.75) is 0 Å². The Balaban J connectivity index is 2.40. The van der Waals surface area contributed by atoms with E-state index >= 15 is 0 Å². The predicted molar refractivity (Wildman–Crippen MR) is 67.2 cm³/mol. The summed E-state index contributed by atoms with van der Waals surface area (Å²) in [6.45, 7) is 0. The second-order valence-corrected chi connectivity index (χ2v) is 4.49. The molecular formula is C12H6BrF2NO3. The fourth-order valence-corrected chi connectivity index (χ4v) is 1.88. The second kappa shape index (κ2) is 5.31. The third-order valence-electron chi connectivity index (χ3n) is 2.18. The minimum absolute atomic E-state index is 0.0709. The first kappa shape index (κ1) is 13.4. The Bertz CT molecular complexity index is 629. The van der Waals surface area contributed by atoms with Crippen molar-refractivity contribution >= 4 is 21.6 Å². The molecule has 2 aromatic rings. The van der Waals surface area contributed by atoms with Gasteiger partial charge in [0.05, 0.1) is 11.0 Å². The van der Waals surface area contributed by atoms with Gasteiger partial charge in [-0.2, -0.15) is 0 Å². The highest BCUT2D eigenvalue weighted by atomic mass is 79.9. The molecule has 0 unspecified atom stereocenters. The molecule has 2 aromatic carbocycles. The lowest BCUT2D eigenvalue weighted by Gasteiger charge is -2.07. The number of benzene rings is 2. The number of hydrogen-bond acceptors (Lipinski definition) is 3. The van der Waals surface area contributed by atoms with Gasteiger partial charge < -0.3 is 4.74 Å². The van der Waals surface area contributed by atoms with Crippen LogP contribution in [0.25, 0.3) is 0 Å². The third-order valence-corrected chi connectivity index (χ3v) is 2.64. The van der Waals surface area contributed by atoms with E-state index in [0.717, 1.165) is 24.3 Å². The Morgan fingerprint density at radius 3 is 2.47 bits per heavy atom. The molecule has 0 aromatic heterocycles. The zero-order chi connectivity index (χ0) is 14.0. The van der Waals surface area contributed by atoms with Gasteiger partial charge >= 0.3 is 5.69 Å². The zero-order valence-electron chi connectivity index (χ0n) is 9.27. The van der Waals surface area contributed by atoms with Gasteiger partial charge in [0.25, 0.3) is 0 Å². The summed E-state index contributed by atoms with van der Waals surface area (Å²) in [5.74, 6) is -1.40. The first-order valence-electron chi connectivity index (χ1n) is 5.03. The highest BCUT2D eigenvalue weighted by molar-refractivity contribution is 9.10. The summed E-state index contributed by atoms with van der Waals surface area (Å²) in [5.41, 5.74) is -0.527. The van der Waals surface area contributed by atoms with E-state index in [1.807, 2.05) is 0 Å². The summed E-state index contributed by atoms with van der Waals surface area (Å²) in [7, 11) is 0. The van der Waals surface area contributed by atoms with E-state index in [4.69, 9.17) is 4.74 Å². The van der Waals surface area contributed by atoms with Crippen LogP contribution in [0.3, 0.4) is 0 Å². The number of nitro benzene ring substituents is 1. The second-order valence-electron chi connectivity index (χ2n) is 3.58. The molecule has 0 saturated carbocycles. The van der Waals surface area contributed by atoms with Gasteiger partial charge in [-0.15, -0.1) is 0 Å². The monoisotopic (exact) mass is 329 g/mol. The average molecular weight is 330 g/mol.